The summed E-state index contributed by atoms with van der Waals surface area (Å²) in [6, 6.07) is -0.190. The topological polar surface area (TPSA) is 141 Å². The molecule has 5 fully saturated rings. The van der Waals surface area contributed by atoms with Crippen LogP contribution in [-0.4, -0.2) is 103 Å². The van der Waals surface area contributed by atoms with Gasteiger partial charge in [-0.05, 0) is 47.0 Å². The fraction of sp³-hybridized carbons (Fsp3) is 0.818. The number of esters is 1. The van der Waals surface area contributed by atoms with Gasteiger partial charge in [0.1, 0.15) is 12.7 Å². The summed E-state index contributed by atoms with van der Waals surface area (Å²) in [5.41, 5.74) is -1.60. The first-order valence-corrected chi connectivity index (χ1v) is 16.5. The van der Waals surface area contributed by atoms with Gasteiger partial charge >= 0.3 is 18.2 Å². The molecule has 0 unspecified atom stereocenters. The van der Waals surface area contributed by atoms with E-state index >= 15 is 0 Å². The van der Waals surface area contributed by atoms with Crippen molar-refractivity contribution >= 4 is 23.9 Å². The second-order valence-electron chi connectivity index (χ2n) is 14.1. The number of rotatable bonds is 6. The fourth-order valence-corrected chi connectivity index (χ4v) is 8.29. The second kappa shape index (κ2) is 13.0. The first kappa shape index (κ1) is 34.4. The lowest BCUT2D eigenvalue weighted by atomic mass is 9.75. The average molecular weight is 651 g/mol. The Bertz CT molecular complexity index is 1230. The number of carbonyl (C=O) groups is 3. The Kier molecular flexibility index (Phi) is 9.70. The number of hydrogen-bond acceptors (Lipinski definition) is 12. The Morgan fingerprint density at radius 3 is 2.43 bits per heavy atom. The number of cyclic esters (lactones) is 1. The summed E-state index contributed by atoms with van der Waals surface area (Å²) in [5, 5.41) is 4.53. The number of nitrogens with zero attached hydrogens (tertiary/aromatic N) is 2. The van der Waals surface area contributed by atoms with Crippen molar-refractivity contribution < 1.29 is 52.4 Å². The highest BCUT2D eigenvalue weighted by atomic mass is 16.8. The first-order valence-electron chi connectivity index (χ1n) is 16.5. The van der Waals surface area contributed by atoms with Crippen LogP contribution in [0.15, 0.2) is 17.8 Å². The zero-order chi connectivity index (χ0) is 33.7. The highest BCUT2D eigenvalue weighted by Gasteiger charge is 2.61. The molecule has 0 aromatic carbocycles. The SMILES string of the molecule is C=CCO/N=C1\[C@H](C)C[C@@]2(C)O[C@@H]([C@H](C)[C@H]2O[C@@H]2O[C@H](C)C[C@H]3[C@H]2OC(=O)N3C)[C@@H](C)C(=O)O[C@H](CC)[C@@]2(C)OC(=O)O[C@@H]2[C@H]1C. The van der Waals surface area contributed by atoms with Gasteiger partial charge in [0.2, 0.25) is 0 Å². The van der Waals surface area contributed by atoms with E-state index in [0.29, 0.717) is 25.0 Å². The van der Waals surface area contributed by atoms with Gasteiger partial charge in [-0.1, -0.05) is 45.5 Å². The summed E-state index contributed by atoms with van der Waals surface area (Å²) in [6.45, 7) is 19.1. The minimum atomic E-state index is -1.27. The highest BCUT2D eigenvalue weighted by molar-refractivity contribution is 5.89. The third kappa shape index (κ3) is 5.98. The molecule has 0 N–H and O–H groups in total. The largest absolute Gasteiger partial charge is 0.509 e. The zero-order valence-corrected chi connectivity index (χ0v) is 28.4. The van der Waals surface area contributed by atoms with E-state index in [-0.39, 0.29) is 30.6 Å². The van der Waals surface area contributed by atoms with Crippen LogP contribution in [0.1, 0.15) is 74.7 Å². The van der Waals surface area contributed by atoms with E-state index in [1.807, 2.05) is 41.5 Å². The Hall–Kier alpha value is -2.90. The Morgan fingerprint density at radius 1 is 1.04 bits per heavy atom. The third-order valence-corrected chi connectivity index (χ3v) is 10.6. The molecule has 0 aromatic heterocycles. The molecule has 0 aromatic rings. The van der Waals surface area contributed by atoms with E-state index in [0.717, 1.165) is 0 Å². The summed E-state index contributed by atoms with van der Waals surface area (Å²) in [4.78, 5) is 46.2. The number of amides is 1. The summed E-state index contributed by atoms with van der Waals surface area (Å²) < 4.78 is 43.3. The standard InChI is InChI=1S/C33H50N2O11/c1-11-13-39-34-23-16(3)15-32(8)26(43-29-25-21(14-17(4)40-29)35(10)30(37)42-25)19(6)24(45-32)20(7)28(36)41-22(12-2)33(9)27(18(23)5)44-31(38)46-33/h11,16-22,24-27,29H,1,12-15H2,2-10H3/b34-23+/t16-,17-,18+,19+,20-,21+,22-,24+,25-,26-,27-,29+,32-,33-/m1/s1. The summed E-state index contributed by atoms with van der Waals surface area (Å²) >= 11 is 0. The molecule has 5 rings (SSSR count). The van der Waals surface area contributed by atoms with Crippen molar-refractivity contribution in [2.45, 2.75) is 135 Å². The Labute approximate surface area is 271 Å². The van der Waals surface area contributed by atoms with Crippen LogP contribution in [0.2, 0.25) is 0 Å². The summed E-state index contributed by atoms with van der Waals surface area (Å²) in [7, 11) is 1.72. The first-order chi connectivity index (χ1) is 21.6. The van der Waals surface area contributed by atoms with Gasteiger partial charge in [-0.3, -0.25) is 4.79 Å². The van der Waals surface area contributed by atoms with Crippen LogP contribution in [-0.2, 0) is 42.8 Å². The lowest BCUT2D eigenvalue weighted by molar-refractivity contribution is -0.270. The van der Waals surface area contributed by atoms with Gasteiger partial charge in [0.25, 0.3) is 0 Å². The van der Waals surface area contributed by atoms with Gasteiger partial charge in [-0.25, -0.2) is 9.59 Å². The van der Waals surface area contributed by atoms with Gasteiger partial charge in [0, 0.05) is 24.8 Å². The molecule has 0 radical (unpaired) electrons. The molecule has 46 heavy (non-hydrogen) atoms. The molecular weight excluding hydrogens is 600 g/mol. The molecule has 13 heteroatoms. The molecule has 0 aliphatic carbocycles. The number of carbonyl (C=O) groups excluding carboxylic acids is 3. The minimum absolute atomic E-state index is 0.174. The maximum absolute atomic E-state index is 13.8. The maximum atomic E-state index is 13.8. The molecule has 0 spiro atoms. The molecular formula is C33H50N2O11. The van der Waals surface area contributed by atoms with Crippen molar-refractivity contribution in [3.8, 4) is 0 Å². The van der Waals surface area contributed by atoms with Crippen LogP contribution in [0.25, 0.3) is 0 Å². The van der Waals surface area contributed by atoms with E-state index < -0.39 is 78.1 Å². The number of oxime groups is 1. The van der Waals surface area contributed by atoms with Gasteiger partial charge in [0.05, 0.1) is 41.6 Å². The minimum Gasteiger partial charge on any atom is -0.458 e. The lowest BCUT2D eigenvalue weighted by Gasteiger charge is -2.42. The van der Waals surface area contributed by atoms with Gasteiger partial charge < -0.3 is 42.9 Å². The zero-order valence-electron chi connectivity index (χ0n) is 28.4. The molecule has 13 nitrogen and oxygen atoms in total. The third-order valence-electron chi connectivity index (χ3n) is 10.6. The average Bonchev–Trinajstić information content (AvgIpc) is 3.56. The van der Waals surface area contributed by atoms with E-state index in [2.05, 4.69) is 11.7 Å². The number of fused-ring (bicyclic) bond motifs is 4. The monoisotopic (exact) mass is 650 g/mol. The molecule has 5 heterocycles. The van der Waals surface area contributed by atoms with Gasteiger partial charge in [0.15, 0.2) is 24.1 Å². The Morgan fingerprint density at radius 2 is 1.76 bits per heavy atom. The van der Waals surface area contributed by atoms with E-state index in [9.17, 15) is 14.4 Å². The number of hydrogen-bond donors (Lipinski definition) is 0. The maximum Gasteiger partial charge on any atom is 0.509 e. The second-order valence-corrected chi connectivity index (χ2v) is 14.1. The number of likely N-dealkylation sites (N-methyl/N-ethyl adjacent to an activating group) is 1. The van der Waals surface area contributed by atoms with Crippen LogP contribution in [0.4, 0.5) is 9.59 Å². The summed E-state index contributed by atoms with van der Waals surface area (Å²) in [6.07, 6.45) is -2.63. The highest BCUT2D eigenvalue weighted by Crippen LogP contribution is 2.48. The Balaban J connectivity index is 1.54. The fourth-order valence-electron chi connectivity index (χ4n) is 8.29. The molecule has 0 saturated carbocycles. The van der Waals surface area contributed by atoms with Gasteiger partial charge in [-0.2, -0.15) is 0 Å². The van der Waals surface area contributed by atoms with Crippen molar-refractivity contribution in [1.29, 1.82) is 0 Å². The van der Waals surface area contributed by atoms with Crippen LogP contribution >= 0.6 is 0 Å². The van der Waals surface area contributed by atoms with Crippen LogP contribution in [0, 0.1) is 23.7 Å². The van der Waals surface area contributed by atoms with Crippen molar-refractivity contribution in [1.82, 2.24) is 4.90 Å². The van der Waals surface area contributed by atoms with Crippen molar-refractivity contribution in [3.05, 3.63) is 12.7 Å². The van der Waals surface area contributed by atoms with E-state index in [1.54, 1.807) is 31.9 Å². The van der Waals surface area contributed by atoms with Crippen LogP contribution in [0.3, 0.4) is 0 Å². The predicted octanol–water partition coefficient (Wildman–Crippen LogP) is 4.61. The quantitative estimate of drug-likeness (QED) is 0.131. The summed E-state index contributed by atoms with van der Waals surface area (Å²) in [5.74, 6) is -2.22. The molecule has 5 saturated heterocycles. The molecule has 14 atom stereocenters. The van der Waals surface area contributed by atoms with E-state index in [4.69, 9.17) is 38.0 Å². The van der Waals surface area contributed by atoms with Crippen molar-refractivity contribution in [2.75, 3.05) is 13.7 Å². The lowest BCUT2D eigenvalue weighted by Crippen LogP contribution is -2.55. The molecule has 258 valence electrons. The number of ether oxygens (including phenoxy) is 7. The van der Waals surface area contributed by atoms with Crippen LogP contribution < -0.4 is 0 Å². The van der Waals surface area contributed by atoms with Crippen molar-refractivity contribution in [3.63, 3.8) is 0 Å². The van der Waals surface area contributed by atoms with E-state index in [1.165, 1.54) is 0 Å². The molecule has 5 aliphatic rings. The molecule has 5 aliphatic heterocycles. The molecule has 1 amide bonds. The normalized spacial score (nSPS) is 46.9. The predicted molar refractivity (Wildman–Crippen MR) is 164 cm³/mol. The smallest absolute Gasteiger partial charge is 0.458 e. The van der Waals surface area contributed by atoms with Crippen molar-refractivity contribution in [2.24, 2.45) is 28.8 Å². The van der Waals surface area contributed by atoms with Crippen LogP contribution in [0.5, 0.6) is 0 Å². The van der Waals surface area contributed by atoms with Gasteiger partial charge in [-0.15, -0.1) is 0 Å². The molecule has 2 bridgehead atoms.